The zero-order chi connectivity index (χ0) is 32.3. The van der Waals surface area contributed by atoms with Crippen molar-refractivity contribution in [2.75, 3.05) is 5.75 Å². The van der Waals surface area contributed by atoms with Gasteiger partial charge in [-0.1, -0.05) is 37.8 Å². The van der Waals surface area contributed by atoms with Gasteiger partial charge in [0.05, 0.1) is 11.5 Å². The Morgan fingerprint density at radius 1 is 0.930 bits per heavy atom. The highest BCUT2D eigenvalue weighted by Crippen LogP contribution is 2.37. The van der Waals surface area contributed by atoms with E-state index in [9.17, 15) is 48.7 Å². The third kappa shape index (κ3) is 8.09. The smallest absolute Gasteiger partial charge is 0.329 e. The lowest BCUT2D eigenvalue weighted by Gasteiger charge is -2.21. The van der Waals surface area contributed by atoms with Crippen LogP contribution in [0.1, 0.15) is 41.7 Å². The molecule has 0 unspecified atom stereocenters. The molecule has 1 aromatic heterocycles. The first kappa shape index (κ1) is 33.5. The maximum atomic E-state index is 14.3. The van der Waals surface area contributed by atoms with Gasteiger partial charge in [0.1, 0.15) is 5.82 Å². The molecule has 1 atom stereocenters. The molecule has 0 spiro atoms. The number of benzene rings is 2. The number of ketones is 1. The van der Waals surface area contributed by atoms with Crippen molar-refractivity contribution in [1.82, 2.24) is 4.98 Å². The van der Waals surface area contributed by atoms with Crippen LogP contribution in [0.2, 0.25) is 0 Å². The van der Waals surface area contributed by atoms with Crippen molar-refractivity contribution in [2.24, 2.45) is 5.92 Å². The minimum atomic E-state index is -5.12. The van der Waals surface area contributed by atoms with Gasteiger partial charge in [-0.3, -0.25) is 9.59 Å². The first-order valence-corrected chi connectivity index (χ1v) is 14.3. The van der Waals surface area contributed by atoms with Crippen LogP contribution in [0, 0.1) is 11.7 Å². The summed E-state index contributed by atoms with van der Waals surface area (Å²) < 4.78 is 119. The Balaban J connectivity index is 2.26. The Hall–Kier alpha value is -4.00. The fourth-order valence-electron chi connectivity index (χ4n) is 4.51. The Kier molecular flexibility index (Phi) is 9.90. The van der Waals surface area contributed by atoms with E-state index in [0.29, 0.717) is 0 Å². The summed E-state index contributed by atoms with van der Waals surface area (Å²) in [7, 11) is -5.05. The van der Waals surface area contributed by atoms with Gasteiger partial charge in [0.25, 0.3) is 5.56 Å². The van der Waals surface area contributed by atoms with E-state index in [2.05, 4.69) is 11.6 Å². The molecule has 0 radical (unpaired) electrons. The summed E-state index contributed by atoms with van der Waals surface area (Å²) in [6, 6.07) is 10.9. The average Bonchev–Trinajstić information content (AvgIpc) is 2.91. The number of aromatic nitrogens is 1. The van der Waals surface area contributed by atoms with E-state index < -0.39 is 61.5 Å². The van der Waals surface area contributed by atoms with Gasteiger partial charge in [-0.25, -0.2) is 12.8 Å². The van der Waals surface area contributed by atoms with Crippen molar-refractivity contribution in [1.29, 1.82) is 0 Å². The van der Waals surface area contributed by atoms with Crippen LogP contribution in [0.5, 0.6) is 0 Å². The predicted molar refractivity (Wildman–Crippen MR) is 147 cm³/mol. The largest absolute Gasteiger partial charge is 0.416 e. The molecule has 0 aliphatic heterocycles. The van der Waals surface area contributed by atoms with E-state index in [4.69, 9.17) is 0 Å². The summed E-state index contributed by atoms with van der Waals surface area (Å²) in [4.78, 5) is 27.8. The number of rotatable bonds is 10. The van der Waals surface area contributed by atoms with Crippen molar-refractivity contribution in [2.45, 2.75) is 39.0 Å². The summed E-state index contributed by atoms with van der Waals surface area (Å²) in [6.07, 6.45) is -8.74. The highest BCUT2D eigenvalue weighted by atomic mass is 32.2. The second-order valence-electron chi connectivity index (χ2n) is 9.80. The number of pyridine rings is 1. The van der Waals surface area contributed by atoms with Gasteiger partial charge in [0.2, 0.25) is 0 Å². The lowest BCUT2D eigenvalue weighted by molar-refractivity contribution is -0.137. The maximum absolute atomic E-state index is 14.3. The first-order valence-electron chi connectivity index (χ1n) is 12.7. The molecule has 13 heteroatoms. The third-order valence-corrected chi connectivity index (χ3v) is 8.65. The molecule has 0 aliphatic carbocycles. The number of H-pyrrole nitrogens is 1. The number of Topliss-reactive ketones (excluding diaryl/α,β-unsaturated/α-hetero) is 1. The van der Waals surface area contributed by atoms with E-state index in [-0.39, 0.29) is 46.2 Å². The van der Waals surface area contributed by atoms with Crippen LogP contribution in [0.15, 0.2) is 82.6 Å². The summed E-state index contributed by atoms with van der Waals surface area (Å²) in [5.41, 5.74) is -2.65. The number of hydrogen-bond acceptors (Lipinski definition) is 4. The number of hydrogen-bond donors (Lipinski definition) is 1. The molecule has 0 saturated heterocycles. The number of alkyl halides is 6. The fraction of sp³-hybridized carbons (Fsp3) is 0.267. The van der Waals surface area contributed by atoms with Gasteiger partial charge in [0, 0.05) is 27.8 Å². The molecule has 5 nitrogen and oxygen atoms in total. The van der Waals surface area contributed by atoms with Crippen LogP contribution >= 0.6 is 0 Å². The average molecular weight is 630 g/mol. The molecular formula is C30H26F7NO4S. The second kappa shape index (κ2) is 12.7. The minimum Gasteiger partial charge on any atom is -0.329 e. The summed E-state index contributed by atoms with van der Waals surface area (Å²) in [5, 5.41) is 0. The van der Waals surface area contributed by atoms with Gasteiger partial charge in [-0.15, -0.1) is 0 Å². The van der Waals surface area contributed by atoms with Crippen molar-refractivity contribution in [3.63, 3.8) is 0 Å². The number of allylic oxidation sites excluding steroid dienone is 2. The van der Waals surface area contributed by atoms with Crippen LogP contribution in [0.3, 0.4) is 0 Å². The highest BCUT2D eigenvalue weighted by Gasteiger charge is 2.39. The molecule has 0 aliphatic rings. The van der Waals surface area contributed by atoms with Crippen molar-refractivity contribution >= 4 is 21.2 Å². The van der Waals surface area contributed by atoms with Gasteiger partial charge >= 0.3 is 12.4 Å². The molecule has 0 fully saturated rings. The zero-order valence-electron chi connectivity index (χ0n) is 22.9. The molecule has 3 aromatic rings. The Bertz CT molecular complexity index is 1740. The monoisotopic (exact) mass is 629 g/mol. The number of sulfone groups is 1. The number of aromatic amines is 1. The third-order valence-electron chi connectivity index (χ3n) is 6.79. The zero-order valence-corrected chi connectivity index (χ0v) is 23.7. The lowest BCUT2D eigenvalue weighted by Crippen LogP contribution is -2.28. The van der Waals surface area contributed by atoms with Crippen molar-refractivity contribution in [3.05, 3.63) is 122 Å². The van der Waals surface area contributed by atoms with Gasteiger partial charge in [0.15, 0.2) is 21.4 Å². The number of halogens is 7. The lowest BCUT2D eigenvalue weighted by atomic mass is 9.85. The van der Waals surface area contributed by atoms with Crippen molar-refractivity contribution < 1.29 is 43.9 Å². The molecule has 0 saturated carbocycles. The Labute approximate surface area is 242 Å². The Morgan fingerprint density at radius 2 is 1.56 bits per heavy atom. The van der Waals surface area contributed by atoms with E-state index in [1.165, 1.54) is 36.5 Å². The second-order valence-corrected chi connectivity index (χ2v) is 11.8. The van der Waals surface area contributed by atoms with E-state index in [1.54, 1.807) is 6.07 Å². The standard InChI is InChI=1S/C30H26F7NO4S/c1-17(19(3)43(41,42)16-29(32,33)34)27(39)18(2)26(23-8-6-14-38-28(23)40)24-15-22(30(35,36)37)13-12-20(24)10-11-21-7-4-5-9-25(21)31/h4-9,12-15,17H,3,10-11,16H2,1-2H3,(H,38,40)/b26-18+/t17-/m1/s1. The molecule has 1 N–H and O–H groups in total. The van der Waals surface area contributed by atoms with E-state index in [1.807, 2.05) is 0 Å². The summed E-state index contributed by atoms with van der Waals surface area (Å²) >= 11 is 0. The van der Waals surface area contributed by atoms with Crippen LogP contribution in [-0.2, 0) is 33.6 Å². The summed E-state index contributed by atoms with van der Waals surface area (Å²) in [6.45, 7) is 5.32. The number of nitrogens with one attached hydrogen (secondary N) is 1. The number of aryl methyl sites for hydroxylation is 2. The van der Waals surface area contributed by atoms with Gasteiger partial charge < -0.3 is 4.98 Å². The SMILES string of the molecule is C=C([C@@H](C)C(=O)/C(C)=C(/c1cc(C(F)(F)F)ccc1CCc1ccccc1F)c1ccc[nH]c1=O)S(=O)(=O)CC(F)(F)F. The van der Waals surface area contributed by atoms with E-state index >= 15 is 0 Å². The highest BCUT2D eigenvalue weighted by molar-refractivity contribution is 7.95. The molecule has 3 rings (SSSR count). The molecule has 1 heterocycles. The fourth-order valence-corrected chi connectivity index (χ4v) is 5.78. The summed E-state index contributed by atoms with van der Waals surface area (Å²) in [5.74, 6) is -5.65. The van der Waals surface area contributed by atoms with E-state index in [0.717, 1.165) is 32.0 Å². The number of carbonyl (C=O) groups is 1. The number of carbonyl (C=O) groups excluding carboxylic acids is 1. The maximum Gasteiger partial charge on any atom is 0.416 e. The van der Waals surface area contributed by atoms with Gasteiger partial charge in [-0.2, -0.15) is 26.3 Å². The van der Waals surface area contributed by atoms with Crippen molar-refractivity contribution in [3.8, 4) is 0 Å². The van der Waals surface area contributed by atoms with Gasteiger partial charge in [-0.05, 0) is 66.8 Å². The quantitative estimate of drug-likeness (QED) is 0.197. The normalized spacial score (nSPS) is 13.8. The topological polar surface area (TPSA) is 84.1 Å². The molecule has 2 aromatic carbocycles. The molecular weight excluding hydrogens is 603 g/mol. The molecule has 43 heavy (non-hydrogen) atoms. The van der Waals surface area contributed by atoms with Crippen LogP contribution < -0.4 is 5.56 Å². The minimum absolute atomic E-state index is 0.0271. The molecule has 0 bridgehead atoms. The Morgan fingerprint density at radius 3 is 2.14 bits per heavy atom. The molecule has 0 amide bonds. The molecule has 230 valence electrons. The van der Waals surface area contributed by atoms with Crippen LogP contribution in [-0.4, -0.2) is 31.1 Å². The predicted octanol–water partition coefficient (Wildman–Crippen LogP) is 6.84. The van der Waals surface area contributed by atoms with Crippen LogP contribution in [0.4, 0.5) is 30.7 Å². The first-order chi connectivity index (χ1) is 19.8. The van der Waals surface area contributed by atoms with Crippen LogP contribution in [0.25, 0.3) is 5.57 Å².